The average molecular weight is 448 g/mol. The highest BCUT2D eigenvalue weighted by Crippen LogP contribution is 2.23. The van der Waals surface area contributed by atoms with Crippen LogP contribution in [0.2, 0.25) is 0 Å². The van der Waals surface area contributed by atoms with Gasteiger partial charge in [-0.05, 0) is 48.5 Å². The smallest absolute Gasteiger partial charge is 0.277 e. The molecular formula is C23H17FN4O3S. The molecule has 0 aliphatic heterocycles. The molecule has 0 aliphatic rings. The number of carbonyl (C=O) groups excluding carboxylic acids is 2. The van der Waals surface area contributed by atoms with Gasteiger partial charge in [0.25, 0.3) is 11.1 Å². The number of hydrogen-bond acceptors (Lipinski definition) is 6. The van der Waals surface area contributed by atoms with Crippen molar-refractivity contribution in [2.24, 2.45) is 0 Å². The number of hydrogen-bond donors (Lipinski definition) is 2. The van der Waals surface area contributed by atoms with E-state index >= 15 is 0 Å². The van der Waals surface area contributed by atoms with E-state index < -0.39 is 11.7 Å². The number of para-hydroxylation sites is 1. The second kappa shape index (κ2) is 9.88. The van der Waals surface area contributed by atoms with Gasteiger partial charge in [-0.3, -0.25) is 9.59 Å². The number of benzene rings is 3. The maximum atomic E-state index is 13.1. The largest absolute Gasteiger partial charge is 0.411 e. The first-order valence-electron chi connectivity index (χ1n) is 9.56. The van der Waals surface area contributed by atoms with Gasteiger partial charge in [0.1, 0.15) is 5.82 Å². The fraction of sp³-hybridized carbons (Fsp3) is 0.0435. The van der Waals surface area contributed by atoms with E-state index in [2.05, 4.69) is 20.8 Å². The van der Waals surface area contributed by atoms with Gasteiger partial charge in [-0.15, -0.1) is 10.2 Å². The zero-order valence-electron chi connectivity index (χ0n) is 16.6. The topological polar surface area (TPSA) is 97.1 Å². The Bertz CT molecular complexity index is 1230. The number of rotatable bonds is 7. The fourth-order valence-corrected chi connectivity index (χ4v) is 3.36. The summed E-state index contributed by atoms with van der Waals surface area (Å²) in [6.45, 7) is 0. The monoisotopic (exact) mass is 448 g/mol. The lowest BCUT2D eigenvalue weighted by atomic mass is 10.1. The van der Waals surface area contributed by atoms with E-state index in [4.69, 9.17) is 4.42 Å². The summed E-state index contributed by atoms with van der Waals surface area (Å²) in [5.41, 5.74) is 1.86. The first-order chi connectivity index (χ1) is 15.6. The molecule has 0 radical (unpaired) electrons. The molecule has 7 nitrogen and oxygen atoms in total. The van der Waals surface area contributed by atoms with E-state index in [9.17, 15) is 14.0 Å². The second-order valence-corrected chi connectivity index (χ2v) is 7.51. The van der Waals surface area contributed by atoms with Crippen molar-refractivity contribution in [1.82, 2.24) is 10.2 Å². The van der Waals surface area contributed by atoms with E-state index in [1.807, 2.05) is 30.3 Å². The van der Waals surface area contributed by atoms with E-state index in [1.165, 1.54) is 24.3 Å². The number of carbonyl (C=O) groups is 2. The Labute approximate surface area is 187 Å². The van der Waals surface area contributed by atoms with Crippen molar-refractivity contribution < 1.29 is 18.4 Å². The van der Waals surface area contributed by atoms with Crippen molar-refractivity contribution in [3.05, 3.63) is 90.2 Å². The summed E-state index contributed by atoms with van der Waals surface area (Å²) in [5, 5.41) is 13.6. The Morgan fingerprint density at radius 1 is 0.875 bits per heavy atom. The quantitative estimate of drug-likeness (QED) is 0.392. The number of halogens is 1. The van der Waals surface area contributed by atoms with Crippen molar-refractivity contribution in [3.63, 3.8) is 0 Å². The highest BCUT2D eigenvalue weighted by molar-refractivity contribution is 7.99. The van der Waals surface area contributed by atoms with Gasteiger partial charge < -0.3 is 15.1 Å². The molecule has 4 rings (SSSR count). The van der Waals surface area contributed by atoms with Gasteiger partial charge in [0.05, 0.1) is 17.0 Å². The molecule has 9 heteroatoms. The van der Waals surface area contributed by atoms with Crippen LogP contribution in [-0.4, -0.2) is 27.8 Å². The highest BCUT2D eigenvalue weighted by atomic mass is 32.2. The van der Waals surface area contributed by atoms with Gasteiger partial charge in [-0.25, -0.2) is 4.39 Å². The van der Waals surface area contributed by atoms with E-state index in [0.29, 0.717) is 17.3 Å². The van der Waals surface area contributed by atoms with Gasteiger partial charge in [0.15, 0.2) is 0 Å². The van der Waals surface area contributed by atoms with Crippen LogP contribution in [0.25, 0.3) is 11.5 Å². The van der Waals surface area contributed by atoms with Crippen molar-refractivity contribution in [1.29, 1.82) is 0 Å². The van der Waals surface area contributed by atoms with Crippen LogP contribution in [0.5, 0.6) is 0 Å². The molecule has 0 fully saturated rings. The van der Waals surface area contributed by atoms with Crippen LogP contribution in [0, 0.1) is 5.82 Å². The summed E-state index contributed by atoms with van der Waals surface area (Å²) < 4.78 is 18.6. The third kappa shape index (κ3) is 5.38. The van der Waals surface area contributed by atoms with Gasteiger partial charge in [-0.2, -0.15) is 0 Å². The predicted molar refractivity (Wildman–Crippen MR) is 120 cm³/mol. The SMILES string of the molecule is O=C(CSc1nnc(-c2ccccc2)o1)Nc1ccccc1C(=O)Nc1ccc(F)cc1. The van der Waals surface area contributed by atoms with Gasteiger partial charge in [-0.1, -0.05) is 42.1 Å². The van der Waals surface area contributed by atoms with Gasteiger partial charge in [0.2, 0.25) is 11.8 Å². The van der Waals surface area contributed by atoms with Gasteiger partial charge in [0, 0.05) is 11.3 Å². The lowest BCUT2D eigenvalue weighted by Crippen LogP contribution is -2.19. The summed E-state index contributed by atoms with van der Waals surface area (Å²) in [5.74, 6) is -0.771. The molecule has 32 heavy (non-hydrogen) atoms. The lowest BCUT2D eigenvalue weighted by molar-refractivity contribution is -0.113. The molecular weight excluding hydrogens is 431 g/mol. The number of nitrogens with zero attached hydrogens (tertiary/aromatic N) is 2. The van der Waals surface area contributed by atoms with Crippen LogP contribution < -0.4 is 10.6 Å². The molecule has 4 aromatic rings. The minimum absolute atomic E-state index is 0.0182. The number of anilines is 2. The van der Waals surface area contributed by atoms with Crippen LogP contribution in [0.3, 0.4) is 0 Å². The molecule has 1 aromatic heterocycles. The van der Waals surface area contributed by atoms with E-state index in [1.54, 1.807) is 24.3 Å². The number of amides is 2. The van der Waals surface area contributed by atoms with Crippen molar-refractivity contribution in [2.75, 3.05) is 16.4 Å². The maximum absolute atomic E-state index is 13.1. The van der Waals surface area contributed by atoms with Crippen LogP contribution in [0.15, 0.2) is 88.5 Å². The van der Waals surface area contributed by atoms with Crippen LogP contribution in [0.1, 0.15) is 10.4 Å². The average Bonchev–Trinajstić information content (AvgIpc) is 3.29. The molecule has 0 saturated heterocycles. The molecule has 160 valence electrons. The van der Waals surface area contributed by atoms with E-state index in [-0.39, 0.29) is 22.4 Å². The fourth-order valence-electron chi connectivity index (χ4n) is 2.80. The first-order valence-corrected chi connectivity index (χ1v) is 10.5. The number of nitrogens with one attached hydrogen (secondary N) is 2. The Morgan fingerprint density at radius 2 is 1.59 bits per heavy atom. The third-order valence-electron chi connectivity index (χ3n) is 4.30. The summed E-state index contributed by atoms with van der Waals surface area (Å²) in [6, 6.07) is 21.3. The number of aromatic nitrogens is 2. The Kier molecular flexibility index (Phi) is 6.57. The van der Waals surface area contributed by atoms with Crippen LogP contribution in [-0.2, 0) is 4.79 Å². The molecule has 0 unspecified atom stereocenters. The minimum atomic E-state index is -0.426. The zero-order chi connectivity index (χ0) is 22.3. The molecule has 0 atom stereocenters. The predicted octanol–water partition coefficient (Wildman–Crippen LogP) is 4.86. The summed E-state index contributed by atoms with van der Waals surface area (Å²) >= 11 is 1.09. The normalized spacial score (nSPS) is 10.5. The zero-order valence-corrected chi connectivity index (χ0v) is 17.4. The third-order valence-corrected chi connectivity index (χ3v) is 5.12. The molecule has 2 amide bonds. The maximum Gasteiger partial charge on any atom is 0.277 e. The number of thioether (sulfide) groups is 1. The van der Waals surface area contributed by atoms with Crippen molar-refractivity contribution in [2.45, 2.75) is 5.22 Å². The minimum Gasteiger partial charge on any atom is -0.411 e. The van der Waals surface area contributed by atoms with Gasteiger partial charge >= 0.3 is 0 Å². The van der Waals surface area contributed by atoms with Crippen molar-refractivity contribution >= 4 is 35.0 Å². The molecule has 0 aliphatic carbocycles. The molecule has 1 heterocycles. The van der Waals surface area contributed by atoms with E-state index in [0.717, 1.165) is 17.3 Å². The Morgan fingerprint density at radius 3 is 2.38 bits per heavy atom. The standard InChI is InChI=1S/C23H17FN4O3S/c24-16-10-12-17(13-11-16)25-21(30)18-8-4-5-9-19(18)26-20(29)14-32-23-28-27-22(31-23)15-6-2-1-3-7-15/h1-13H,14H2,(H,25,30)(H,26,29). The van der Waals surface area contributed by atoms with Crippen LogP contribution in [0.4, 0.5) is 15.8 Å². The molecule has 2 N–H and O–H groups in total. The summed E-state index contributed by atoms with van der Waals surface area (Å²) in [6.07, 6.45) is 0. The lowest BCUT2D eigenvalue weighted by Gasteiger charge is -2.11. The molecule has 0 saturated carbocycles. The Hall–Kier alpha value is -3.98. The van der Waals surface area contributed by atoms with Crippen LogP contribution >= 0.6 is 11.8 Å². The summed E-state index contributed by atoms with van der Waals surface area (Å²) in [7, 11) is 0. The van der Waals surface area contributed by atoms with Crippen molar-refractivity contribution in [3.8, 4) is 11.5 Å². The molecule has 3 aromatic carbocycles. The molecule has 0 spiro atoms. The summed E-state index contributed by atoms with van der Waals surface area (Å²) in [4.78, 5) is 25.1. The first kappa shape index (κ1) is 21.3. The second-order valence-electron chi connectivity index (χ2n) is 6.58. The highest BCUT2D eigenvalue weighted by Gasteiger charge is 2.15. The Balaban J connectivity index is 1.37. The molecule has 0 bridgehead atoms.